The Kier molecular flexibility index (Phi) is 4.02. The number of nitrogens with one attached hydrogen (secondary N) is 3. The zero-order valence-electron chi connectivity index (χ0n) is 12.1. The van der Waals surface area contributed by atoms with Crippen molar-refractivity contribution in [3.63, 3.8) is 0 Å². The van der Waals surface area contributed by atoms with E-state index in [1.165, 1.54) is 0 Å². The van der Waals surface area contributed by atoms with Crippen molar-refractivity contribution < 1.29 is 9.59 Å². The Labute approximate surface area is 143 Å². The molecule has 2 aromatic rings. The van der Waals surface area contributed by atoms with E-state index in [1.807, 2.05) is 19.1 Å². The largest absolute Gasteiger partial charge is 0.332 e. The van der Waals surface area contributed by atoms with E-state index in [0.29, 0.717) is 26.9 Å². The van der Waals surface area contributed by atoms with Crippen molar-refractivity contribution in [2.45, 2.75) is 6.92 Å². The average Bonchev–Trinajstić information content (AvgIpc) is 2.77. The lowest BCUT2D eigenvalue weighted by Crippen LogP contribution is -2.20. The predicted octanol–water partition coefficient (Wildman–Crippen LogP) is 3.34. The molecule has 2 amide bonds. The topological polar surface area (TPSA) is 70.2 Å². The standard InChI is InChI=1S/C16H12ClN3O2S/c1-8-6-9(17)2-5-13(8)19-16(23)18-10-3-4-11-12(7-10)15(22)20-14(11)21/h2-7H,1H3,(H2,18,19,23)(H,20,21,22). The molecule has 0 spiro atoms. The number of carbonyl (C=O) groups excluding carboxylic acids is 2. The van der Waals surface area contributed by atoms with Gasteiger partial charge in [-0.15, -0.1) is 0 Å². The molecule has 1 aliphatic rings. The Hall–Kier alpha value is -2.44. The molecule has 0 saturated carbocycles. The molecule has 1 aliphatic heterocycles. The number of amides is 2. The molecule has 5 nitrogen and oxygen atoms in total. The third kappa shape index (κ3) is 3.18. The van der Waals surface area contributed by atoms with E-state index in [0.717, 1.165) is 11.3 Å². The van der Waals surface area contributed by atoms with Gasteiger partial charge in [0, 0.05) is 16.4 Å². The van der Waals surface area contributed by atoms with E-state index >= 15 is 0 Å². The summed E-state index contributed by atoms with van der Waals surface area (Å²) in [4.78, 5) is 23.2. The minimum Gasteiger partial charge on any atom is -0.332 e. The second-order valence-electron chi connectivity index (χ2n) is 5.08. The molecule has 0 saturated heterocycles. The summed E-state index contributed by atoms with van der Waals surface area (Å²) in [6.07, 6.45) is 0. The first-order chi connectivity index (χ1) is 10.9. The molecule has 0 radical (unpaired) electrons. The summed E-state index contributed by atoms with van der Waals surface area (Å²) in [5.74, 6) is -0.782. The van der Waals surface area contributed by atoms with Gasteiger partial charge in [-0.1, -0.05) is 11.6 Å². The third-order valence-corrected chi connectivity index (χ3v) is 3.87. The molecule has 116 valence electrons. The smallest absolute Gasteiger partial charge is 0.259 e. The average molecular weight is 346 g/mol. The van der Waals surface area contributed by atoms with Gasteiger partial charge in [0.25, 0.3) is 11.8 Å². The number of carbonyl (C=O) groups is 2. The van der Waals surface area contributed by atoms with Crippen LogP contribution in [0.4, 0.5) is 11.4 Å². The SMILES string of the molecule is Cc1cc(Cl)ccc1NC(=S)Nc1ccc2c(c1)C(=O)NC2=O. The summed E-state index contributed by atoms with van der Waals surface area (Å²) >= 11 is 11.2. The van der Waals surface area contributed by atoms with E-state index in [9.17, 15) is 9.59 Å². The minimum atomic E-state index is -0.402. The number of fused-ring (bicyclic) bond motifs is 1. The molecule has 3 rings (SSSR count). The van der Waals surface area contributed by atoms with E-state index in [2.05, 4.69) is 16.0 Å². The number of rotatable bonds is 2. The minimum absolute atomic E-state index is 0.338. The molecule has 3 N–H and O–H groups in total. The highest BCUT2D eigenvalue weighted by molar-refractivity contribution is 7.80. The van der Waals surface area contributed by atoms with Crippen LogP contribution in [0.5, 0.6) is 0 Å². The van der Waals surface area contributed by atoms with E-state index in [1.54, 1.807) is 24.3 Å². The fourth-order valence-corrected chi connectivity index (χ4v) is 2.75. The van der Waals surface area contributed by atoms with Gasteiger partial charge < -0.3 is 10.6 Å². The van der Waals surface area contributed by atoms with Crippen molar-refractivity contribution in [1.29, 1.82) is 0 Å². The Morgan fingerprint density at radius 2 is 1.78 bits per heavy atom. The fraction of sp³-hybridized carbons (Fsp3) is 0.0625. The van der Waals surface area contributed by atoms with Crippen LogP contribution in [-0.4, -0.2) is 16.9 Å². The van der Waals surface area contributed by atoms with Gasteiger partial charge in [-0.25, -0.2) is 0 Å². The van der Waals surface area contributed by atoms with Crippen molar-refractivity contribution in [1.82, 2.24) is 5.32 Å². The van der Waals surface area contributed by atoms with Gasteiger partial charge >= 0.3 is 0 Å². The van der Waals surface area contributed by atoms with Crippen LogP contribution in [0, 0.1) is 6.92 Å². The Morgan fingerprint density at radius 1 is 1.04 bits per heavy atom. The zero-order valence-corrected chi connectivity index (χ0v) is 13.6. The van der Waals surface area contributed by atoms with Crippen molar-refractivity contribution in [3.8, 4) is 0 Å². The monoisotopic (exact) mass is 345 g/mol. The van der Waals surface area contributed by atoms with Crippen LogP contribution in [0.1, 0.15) is 26.3 Å². The van der Waals surface area contributed by atoms with Gasteiger partial charge in [0.05, 0.1) is 11.1 Å². The summed E-state index contributed by atoms with van der Waals surface area (Å²) in [6, 6.07) is 10.3. The number of anilines is 2. The van der Waals surface area contributed by atoms with Gasteiger partial charge in [-0.05, 0) is 61.1 Å². The number of aryl methyl sites for hydroxylation is 1. The van der Waals surface area contributed by atoms with Crippen molar-refractivity contribution in [2.75, 3.05) is 10.6 Å². The molecule has 23 heavy (non-hydrogen) atoms. The summed E-state index contributed by atoms with van der Waals surface area (Å²) in [7, 11) is 0. The molecular weight excluding hydrogens is 334 g/mol. The van der Waals surface area contributed by atoms with Crippen LogP contribution in [0.2, 0.25) is 5.02 Å². The molecule has 2 aromatic carbocycles. The third-order valence-electron chi connectivity index (χ3n) is 3.43. The van der Waals surface area contributed by atoms with Gasteiger partial charge in [0.1, 0.15) is 0 Å². The Bertz CT molecular complexity index is 851. The molecule has 0 bridgehead atoms. The quantitative estimate of drug-likeness (QED) is 0.575. The molecule has 0 aromatic heterocycles. The Morgan fingerprint density at radius 3 is 2.52 bits per heavy atom. The molecular formula is C16H12ClN3O2S. The summed E-state index contributed by atoms with van der Waals surface area (Å²) in [5, 5.41) is 9.34. The van der Waals surface area contributed by atoms with Crippen LogP contribution in [0.25, 0.3) is 0 Å². The second-order valence-corrected chi connectivity index (χ2v) is 5.93. The normalized spacial score (nSPS) is 12.6. The lowest BCUT2D eigenvalue weighted by Gasteiger charge is -2.13. The van der Waals surface area contributed by atoms with E-state index in [4.69, 9.17) is 23.8 Å². The van der Waals surface area contributed by atoms with Crippen LogP contribution < -0.4 is 16.0 Å². The highest BCUT2D eigenvalue weighted by Crippen LogP contribution is 2.22. The maximum absolute atomic E-state index is 11.7. The van der Waals surface area contributed by atoms with Crippen LogP contribution >= 0.6 is 23.8 Å². The van der Waals surface area contributed by atoms with Gasteiger partial charge in [0.15, 0.2) is 5.11 Å². The first kappa shape index (κ1) is 15.5. The maximum Gasteiger partial charge on any atom is 0.259 e. The number of thiocarbonyl (C=S) groups is 1. The van der Waals surface area contributed by atoms with Gasteiger partial charge in [0.2, 0.25) is 0 Å². The molecule has 1 heterocycles. The number of halogens is 1. The molecule has 0 aliphatic carbocycles. The van der Waals surface area contributed by atoms with E-state index in [-0.39, 0.29) is 5.91 Å². The highest BCUT2D eigenvalue weighted by Gasteiger charge is 2.26. The predicted molar refractivity (Wildman–Crippen MR) is 94.3 cm³/mol. The maximum atomic E-state index is 11.7. The summed E-state index contributed by atoms with van der Waals surface area (Å²) < 4.78 is 0. The van der Waals surface area contributed by atoms with Crippen molar-refractivity contribution in [2.24, 2.45) is 0 Å². The number of benzene rings is 2. The van der Waals surface area contributed by atoms with Crippen LogP contribution in [0.3, 0.4) is 0 Å². The highest BCUT2D eigenvalue weighted by atomic mass is 35.5. The zero-order chi connectivity index (χ0) is 16.6. The summed E-state index contributed by atoms with van der Waals surface area (Å²) in [5.41, 5.74) is 3.12. The lowest BCUT2D eigenvalue weighted by atomic mass is 10.1. The summed E-state index contributed by atoms with van der Waals surface area (Å²) in [6.45, 7) is 1.92. The molecule has 0 atom stereocenters. The molecule has 0 unspecified atom stereocenters. The fourth-order valence-electron chi connectivity index (χ4n) is 2.30. The molecule has 0 fully saturated rings. The first-order valence-corrected chi connectivity index (χ1v) is 7.56. The lowest BCUT2D eigenvalue weighted by molar-refractivity contribution is 0.0879. The van der Waals surface area contributed by atoms with Crippen LogP contribution in [0.15, 0.2) is 36.4 Å². The van der Waals surface area contributed by atoms with Crippen molar-refractivity contribution >= 4 is 52.1 Å². The number of hydrogen-bond donors (Lipinski definition) is 3. The number of hydrogen-bond acceptors (Lipinski definition) is 3. The second kappa shape index (κ2) is 5.98. The Balaban J connectivity index is 1.75. The van der Waals surface area contributed by atoms with Gasteiger partial charge in [-0.2, -0.15) is 0 Å². The van der Waals surface area contributed by atoms with Gasteiger partial charge in [-0.3, -0.25) is 14.9 Å². The van der Waals surface area contributed by atoms with E-state index < -0.39 is 5.91 Å². The first-order valence-electron chi connectivity index (χ1n) is 6.78. The molecule has 7 heteroatoms. The van der Waals surface area contributed by atoms with Crippen molar-refractivity contribution in [3.05, 3.63) is 58.1 Å². The number of imide groups is 1. The van der Waals surface area contributed by atoms with Crippen LogP contribution in [-0.2, 0) is 0 Å².